The molecule has 1 unspecified atom stereocenters. The molecule has 3 N–H and O–H groups in total. The third-order valence-corrected chi connectivity index (χ3v) is 3.66. The second kappa shape index (κ2) is 6.57. The molecule has 2 rings (SSSR count). The van der Waals surface area contributed by atoms with Gasteiger partial charge in [-0.3, -0.25) is 4.79 Å². The zero-order valence-corrected chi connectivity index (χ0v) is 12.9. The van der Waals surface area contributed by atoms with Gasteiger partial charge >= 0.3 is 0 Å². The van der Waals surface area contributed by atoms with E-state index in [1.54, 1.807) is 12.1 Å². The Morgan fingerprint density at radius 3 is 2.50 bits per heavy atom. The molecule has 0 fully saturated rings. The van der Waals surface area contributed by atoms with Crippen LogP contribution in [0, 0.1) is 0 Å². The van der Waals surface area contributed by atoms with E-state index in [0.717, 1.165) is 16.6 Å². The maximum Gasteiger partial charge on any atom is 0.248 e. The summed E-state index contributed by atoms with van der Waals surface area (Å²) in [6.45, 7) is 2.14. The summed E-state index contributed by atoms with van der Waals surface area (Å²) in [5.41, 5.74) is 7.95. The van der Waals surface area contributed by atoms with Crippen LogP contribution in [0.15, 0.2) is 53.0 Å². The molecule has 4 heteroatoms. The third kappa shape index (κ3) is 3.61. The highest BCUT2D eigenvalue weighted by Crippen LogP contribution is 2.25. The van der Waals surface area contributed by atoms with Crippen LogP contribution in [0.5, 0.6) is 0 Å². The Kier molecular flexibility index (Phi) is 4.79. The number of nitrogens with two attached hydrogens (primary N) is 1. The van der Waals surface area contributed by atoms with Crippen LogP contribution in [0.2, 0.25) is 0 Å². The highest BCUT2D eigenvalue weighted by atomic mass is 79.9. The number of amides is 1. The molecule has 2 aromatic rings. The van der Waals surface area contributed by atoms with Crippen molar-refractivity contribution in [2.24, 2.45) is 5.73 Å². The summed E-state index contributed by atoms with van der Waals surface area (Å²) in [5, 5.41) is 3.47. The number of hydrogen-bond donors (Lipinski definition) is 2. The van der Waals surface area contributed by atoms with Crippen LogP contribution < -0.4 is 11.1 Å². The van der Waals surface area contributed by atoms with Crippen molar-refractivity contribution in [3.63, 3.8) is 0 Å². The van der Waals surface area contributed by atoms with Crippen LogP contribution in [0.1, 0.15) is 35.3 Å². The van der Waals surface area contributed by atoms with E-state index < -0.39 is 5.91 Å². The Balaban J connectivity index is 2.16. The molecule has 0 saturated heterocycles. The number of benzene rings is 2. The van der Waals surface area contributed by atoms with Crippen LogP contribution >= 0.6 is 15.9 Å². The Morgan fingerprint density at radius 1 is 1.25 bits per heavy atom. The van der Waals surface area contributed by atoms with Crippen LogP contribution in [-0.2, 0) is 0 Å². The lowest BCUT2D eigenvalue weighted by Gasteiger charge is -2.19. The van der Waals surface area contributed by atoms with Crippen LogP contribution in [0.25, 0.3) is 0 Å². The molecule has 0 aliphatic heterocycles. The summed E-state index contributed by atoms with van der Waals surface area (Å²) in [6.07, 6.45) is 0.966. The van der Waals surface area contributed by atoms with Crippen LogP contribution in [-0.4, -0.2) is 5.91 Å². The van der Waals surface area contributed by atoms with Crippen molar-refractivity contribution >= 4 is 27.5 Å². The lowest BCUT2D eigenvalue weighted by Crippen LogP contribution is -2.12. The van der Waals surface area contributed by atoms with Gasteiger partial charge in [0.05, 0.1) is 6.04 Å². The minimum Gasteiger partial charge on any atom is -0.378 e. The van der Waals surface area contributed by atoms with Crippen molar-refractivity contribution < 1.29 is 4.79 Å². The number of hydrogen-bond acceptors (Lipinski definition) is 2. The molecule has 0 bridgehead atoms. The fraction of sp³-hybridized carbons (Fsp3) is 0.188. The van der Waals surface area contributed by atoms with Gasteiger partial charge in [-0.25, -0.2) is 0 Å². The predicted molar refractivity (Wildman–Crippen MR) is 85.8 cm³/mol. The summed E-state index contributed by atoms with van der Waals surface area (Å²) in [5.74, 6) is -0.407. The first kappa shape index (κ1) is 14.6. The molecule has 3 nitrogen and oxygen atoms in total. The average molecular weight is 333 g/mol. The number of carbonyl (C=O) groups excluding carboxylic acids is 1. The second-order valence-corrected chi connectivity index (χ2v) is 5.52. The molecule has 1 atom stereocenters. The Labute approximate surface area is 127 Å². The number of primary amides is 1. The second-order valence-electron chi connectivity index (χ2n) is 4.60. The molecule has 0 aliphatic rings. The molecule has 0 aromatic heterocycles. The van der Waals surface area contributed by atoms with Crippen molar-refractivity contribution in [2.45, 2.75) is 19.4 Å². The molecule has 0 saturated carbocycles. The number of rotatable bonds is 5. The summed E-state index contributed by atoms with van der Waals surface area (Å²) < 4.78 is 1.07. The zero-order valence-electron chi connectivity index (χ0n) is 11.3. The largest absolute Gasteiger partial charge is 0.378 e. The molecule has 104 valence electrons. The van der Waals surface area contributed by atoms with E-state index in [9.17, 15) is 4.79 Å². The molecular formula is C16H17BrN2O. The lowest BCUT2D eigenvalue weighted by molar-refractivity contribution is 0.100. The predicted octanol–water partition coefficient (Wildman–Crippen LogP) is 4.11. The van der Waals surface area contributed by atoms with Gasteiger partial charge in [0, 0.05) is 15.7 Å². The molecule has 1 amide bonds. The first-order valence-electron chi connectivity index (χ1n) is 6.52. The first-order chi connectivity index (χ1) is 9.60. The molecule has 0 radical (unpaired) electrons. The monoisotopic (exact) mass is 332 g/mol. The van der Waals surface area contributed by atoms with Crippen molar-refractivity contribution in [3.8, 4) is 0 Å². The van der Waals surface area contributed by atoms with Crippen molar-refractivity contribution in [3.05, 3.63) is 64.1 Å². The fourth-order valence-corrected chi connectivity index (χ4v) is 2.49. The summed E-state index contributed by atoms with van der Waals surface area (Å²) in [4.78, 5) is 11.0. The van der Waals surface area contributed by atoms with Gasteiger partial charge in [-0.15, -0.1) is 0 Å². The van der Waals surface area contributed by atoms with E-state index >= 15 is 0 Å². The van der Waals surface area contributed by atoms with E-state index in [1.807, 2.05) is 24.3 Å². The highest BCUT2D eigenvalue weighted by Gasteiger charge is 2.09. The maximum absolute atomic E-state index is 11.0. The van der Waals surface area contributed by atoms with E-state index in [0.29, 0.717) is 5.56 Å². The zero-order chi connectivity index (χ0) is 14.5. The number of halogens is 1. The lowest BCUT2D eigenvalue weighted by atomic mass is 10.0. The van der Waals surface area contributed by atoms with Crippen LogP contribution in [0.4, 0.5) is 5.69 Å². The Bertz CT molecular complexity index is 596. The van der Waals surface area contributed by atoms with Crippen LogP contribution in [0.3, 0.4) is 0 Å². The molecule has 20 heavy (non-hydrogen) atoms. The number of nitrogens with one attached hydrogen (secondary N) is 1. The first-order valence-corrected chi connectivity index (χ1v) is 7.31. The Morgan fingerprint density at radius 2 is 1.95 bits per heavy atom. The SMILES string of the molecule is CCC(Nc1ccc(C(N)=O)cc1)c1cccc(Br)c1. The molecule has 0 aliphatic carbocycles. The minimum atomic E-state index is -0.407. The molecule has 0 heterocycles. The highest BCUT2D eigenvalue weighted by molar-refractivity contribution is 9.10. The van der Waals surface area contributed by atoms with Crippen molar-refractivity contribution in [1.82, 2.24) is 0 Å². The fourth-order valence-electron chi connectivity index (χ4n) is 2.08. The van der Waals surface area contributed by atoms with Gasteiger partial charge in [-0.1, -0.05) is 35.0 Å². The smallest absolute Gasteiger partial charge is 0.248 e. The Hall–Kier alpha value is -1.81. The molecular weight excluding hydrogens is 316 g/mol. The third-order valence-electron chi connectivity index (χ3n) is 3.17. The van der Waals surface area contributed by atoms with Gasteiger partial charge in [0.15, 0.2) is 0 Å². The normalized spacial score (nSPS) is 11.9. The molecule has 2 aromatic carbocycles. The van der Waals surface area contributed by atoms with Gasteiger partial charge in [-0.05, 0) is 48.4 Å². The van der Waals surface area contributed by atoms with Crippen molar-refractivity contribution in [1.29, 1.82) is 0 Å². The van der Waals surface area contributed by atoms with Gasteiger partial charge in [0.2, 0.25) is 5.91 Å². The van der Waals surface area contributed by atoms with Gasteiger partial charge in [-0.2, -0.15) is 0 Å². The number of anilines is 1. The minimum absolute atomic E-state index is 0.229. The van der Waals surface area contributed by atoms with E-state index in [-0.39, 0.29) is 6.04 Å². The van der Waals surface area contributed by atoms with Gasteiger partial charge in [0.1, 0.15) is 0 Å². The quantitative estimate of drug-likeness (QED) is 0.865. The van der Waals surface area contributed by atoms with E-state index in [4.69, 9.17) is 5.73 Å². The maximum atomic E-state index is 11.0. The standard InChI is InChI=1S/C16H17BrN2O/c1-2-15(12-4-3-5-13(17)10-12)19-14-8-6-11(7-9-14)16(18)20/h3-10,15,19H,2H2,1H3,(H2,18,20). The van der Waals surface area contributed by atoms with Gasteiger partial charge < -0.3 is 11.1 Å². The average Bonchev–Trinajstić information content (AvgIpc) is 2.45. The summed E-state index contributed by atoms with van der Waals surface area (Å²) in [7, 11) is 0. The summed E-state index contributed by atoms with van der Waals surface area (Å²) in [6, 6.07) is 15.7. The van der Waals surface area contributed by atoms with E-state index in [1.165, 1.54) is 5.56 Å². The van der Waals surface area contributed by atoms with Crippen molar-refractivity contribution in [2.75, 3.05) is 5.32 Å². The topological polar surface area (TPSA) is 55.1 Å². The van der Waals surface area contributed by atoms with E-state index in [2.05, 4.69) is 40.3 Å². The van der Waals surface area contributed by atoms with Gasteiger partial charge in [0.25, 0.3) is 0 Å². The molecule has 0 spiro atoms. The number of carbonyl (C=O) groups is 1. The summed E-state index contributed by atoms with van der Waals surface area (Å²) >= 11 is 3.49.